The second-order valence-electron chi connectivity index (χ2n) is 6.69. The highest BCUT2D eigenvalue weighted by Crippen LogP contribution is 2.28. The molecule has 2 aliphatic rings. The molecule has 0 spiro atoms. The maximum atomic E-state index is 6.27. The van der Waals surface area contributed by atoms with Gasteiger partial charge < -0.3 is 5.32 Å². The number of rotatable bonds is 4. The molecular formula is C17H23Cl3N6. The lowest BCUT2D eigenvalue weighted by atomic mass is 10.2. The normalized spacial score (nSPS) is 21.7. The summed E-state index contributed by atoms with van der Waals surface area (Å²) in [4.78, 5) is 5.07. The molecule has 0 bridgehead atoms. The fraction of sp³-hybridized carbons (Fsp3) is 0.529. The lowest BCUT2D eigenvalue weighted by Gasteiger charge is -2.32. The maximum absolute atomic E-state index is 6.27. The molecular weight excluding hydrogens is 395 g/mol. The summed E-state index contributed by atoms with van der Waals surface area (Å²) in [5.74, 6) is 0. The predicted octanol–water partition coefficient (Wildman–Crippen LogP) is 2.48. The van der Waals surface area contributed by atoms with Crippen LogP contribution in [0.5, 0.6) is 0 Å². The van der Waals surface area contributed by atoms with Crippen molar-refractivity contribution in [1.29, 1.82) is 0 Å². The van der Waals surface area contributed by atoms with Crippen molar-refractivity contribution in [2.45, 2.75) is 19.0 Å². The first-order chi connectivity index (χ1) is 12.2. The largest absolute Gasteiger partial charge is 0.314 e. The number of hydrogen-bond acceptors (Lipinski definition) is 5. The van der Waals surface area contributed by atoms with E-state index in [2.05, 4.69) is 25.4 Å². The standard InChI is InChI=1S/C17H22Cl2N6.ClH/c18-15-2-1-3-16(17(15)19)25-11-13(21-22-25)10-23-7-4-14(12-23)24-8-5-20-6-9-24;/h1-3,11,14,20H,4-10,12H2;1H. The zero-order valence-corrected chi connectivity index (χ0v) is 16.8. The average Bonchev–Trinajstić information content (AvgIpc) is 3.28. The summed E-state index contributed by atoms with van der Waals surface area (Å²) in [5, 5.41) is 13.0. The molecule has 2 fully saturated rings. The third kappa shape index (κ3) is 4.32. The number of piperazine rings is 1. The van der Waals surface area contributed by atoms with Crippen LogP contribution < -0.4 is 5.32 Å². The first-order valence-corrected chi connectivity index (χ1v) is 9.49. The van der Waals surface area contributed by atoms with Crippen molar-refractivity contribution in [2.75, 3.05) is 39.3 Å². The maximum Gasteiger partial charge on any atom is 0.0971 e. The number of nitrogens with zero attached hydrogens (tertiary/aromatic N) is 5. The fourth-order valence-corrected chi connectivity index (χ4v) is 4.07. The SMILES string of the molecule is Cl.Clc1cccc(-n2cc(CN3CCC(N4CCNCC4)C3)nn2)c1Cl. The first kappa shape index (κ1) is 19.9. The number of benzene rings is 1. The molecule has 2 aliphatic heterocycles. The molecule has 1 unspecified atom stereocenters. The summed E-state index contributed by atoms with van der Waals surface area (Å²) < 4.78 is 1.70. The van der Waals surface area contributed by atoms with E-state index in [0.29, 0.717) is 16.1 Å². The van der Waals surface area contributed by atoms with Crippen LogP contribution in [-0.2, 0) is 6.54 Å². The van der Waals surface area contributed by atoms with Crippen molar-refractivity contribution in [3.05, 3.63) is 40.1 Å². The van der Waals surface area contributed by atoms with E-state index in [9.17, 15) is 0 Å². The van der Waals surface area contributed by atoms with Crippen LogP contribution in [0.2, 0.25) is 10.0 Å². The molecule has 1 N–H and O–H groups in total. The van der Waals surface area contributed by atoms with Gasteiger partial charge in [-0.15, -0.1) is 17.5 Å². The molecule has 0 aliphatic carbocycles. The van der Waals surface area contributed by atoms with Crippen molar-refractivity contribution < 1.29 is 0 Å². The Morgan fingerprint density at radius 3 is 2.77 bits per heavy atom. The highest BCUT2D eigenvalue weighted by Gasteiger charge is 2.28. The quantitative estimate of drug-likeness (QED) is 0.828. The van der Waals surface area contributed by atoms with Crippen molar-refractivity contribution in [3.8, 4) is 5.69 Å². The average molecular weight is 418 g/mol. The van der Waals surface area contributed by atoms with Gasteiger partial charge in [0.1, 0.15) is 0 Å². The Labute approximate surface area is 169 Å². The van der Waals surface area contributed by atoms with E-state index in [1.54, 1.807) is 10.7 Å². The zero-order chi connectivity index (χ0) is 17.2. The van der Waals surface area contributed by atoms with Crippen LogP contribution in [-0.4, -0.2) is 70.1 Å². The molecule has 0 amide bonds. The van der Waals surface area contributed by atoms with Gasteiger partial charge in [0.05, 0.1) is 27.6 Å². The lowest BCUT2D eigenvalue weighted by Crippen LogP contribution is -2.49. The van der Waals surface area contributed by atoms with Crippen LogP contribution in [0, 0.1) is 0 Å². The molecule has 26 heavy (non-hydrogen) atoms. The molecule has 4 rings (SSSR count). The third-order valence-corrected chi connectivity index (χ3v) is 5.83. The Morgan fingerprint density at radius 2 is 1.96 bits per heavy atom. The Morgan fingerprint density at radius 1 is 1.15 bits per heavy atom. The summed E-state index contributed by atoms with van der Waals surface area (Å²) in [6, 6.07) is 6.19. The van der Waals surface area contributed by atoms with Crippen molar-refractivity contribution >= 4 is 35.6 Å². The number of likely N-dealkylation sites (tertiary alicyclic amines) is 1. The topological polar surface area (TPSA) is 49.2 Å². The minimum absolute atomic E-state index is 0. The highest BCUT2D eigenvalue weighted by molar-refractivity contribution is 6.43. The number of nitrogens with one attached hydrogen (secondary N) is 1. The summed E-state index contributed by atoms with van der Waals surface area (Å²) >= 11 is 12.4. The molecule has 9 heteroatoms. The van der Waals surface area contributed by atoms with Gasteiger partial charge in [0.2, 0.25) is 0 Å². The lowest BCUT2D eigenvalue weighted by molar-refractivity contribution is 0.170. The van der Waals surface area contributed by atoms with E-state index in [4.69, 9.17) is 23.2 Å². The molecule has 2 aromatic rings. The van der Waals surface area contributed by atoms with Gasteiger partial charge in [0.15, 0.2) is 0 Å². The summed E-state index contributed by atoms with van der Waals surface area (Å²) in [7, 11) is 0. The zero-order valence-electron chi connectivity index (χ0n) is 14.4. The predicted molar refractivity (Wildman–Crippen MR) is 107 cm³/mol. The van der Waals surface area contributed by atoms with Crippen LogP contribution in [0.25, 0.3) is 5.69 Å². The van der Waals surface area contributed by atoms with Crippen molar-refractivity contribution in [2.24, 2.45) is 0 Å². The summed E-state index contributed by atoms with van der Waals surface area (Å²) in [6.45, 7) is 7.55. The van der Waals surface area contributed by atoms with Gasteiger partial charge in [0.25, 0.3) is 0 Å². The second-order valence-corrected chi connectivity index (χ2v) is 7.48. The van der Waals surface area contributed by atoms with E-state index >= 15 is 0 Å². The van der Waals surface area contributed by atoms with Crippen LogP contribution in [0.3, 0.4) is 0 Å². The van der Waals surface area contributed by atoms with Crippen molar-refractivity contribution in [3.63, 3.8) is 0 Å². The van der Waals surface area contributed by atoms with Gasteiger partial charge in [-0.05, 0) is 18.6 Å². The molecule has 3 heterocycles. The van der Waals surface area contributed by atoms with Crippen molar-refractivity contribution in [1.82, 2.24) is 30.1 Å². The van der Waals surface area contributed by atoms with Gasteiger partial charge in [-0.1, -0.05) is 34.5 Å². The Hall–Kier alpha value is -0.890. The molecule has 142 valence electrons. The molecule has 0 saturated carbocycles. The first-order valence-electron chi connectivity index (χ1n) is 8.73. The Balaban J connectivity index is 0.00000196. The van der Waals surface area contributed by atoms with Crippen LogP contribution in [0.15, 0.2) is 24.4 Å². The van der Waals surface area contributed by atoms with Gasteiger partial charge >= 0.3 is 0 Å². The third-order valence-electron chi connectivity index (χ3n) is 5.02. The van der Waals surface area contributed by atoms with Gasteiger partial charge in [-0.25, -0.2) is 4.68 Å². The molecule has 6 nitrogen and oxygen atoms in total. The van der Waals surface area contributed by atoms with Crippen LogP contribution in [0.1, 0.15) is 12.1 Å². The molecule has 1 aromatic carbocycles. The smallest absolute Gasteiger partial charge is 0.0971 e. The molecule has 0 radical (unpaired) electrons. The summed E-state index contributed by atoms with van der Waals surface area (Å²) in [5.41, 5.74) is 1.71. The van der Waals surface area contributed by atoms with E-state index < -0.39 is 0 Å². The molecule has 1 aromatic heterocycles. The number of hydrogen-bond donors (Lipinski definition) is 1. The van der Waals surface area contributed by atoms with Crippen LogP contribution >= 0.6 is 35.6 Å². The Kier molecular flexibility index (Phi) is 6.77. The fourth-order valence-electron chi connectivity index (χ4n) is 3.69. The van der Waals surface area contributed by atoms with E-state index in [0.717, 1.165) is 57.2 Å². The van der Waals surface area contributed by atoms with Gasteiger partial charge in [0, 0.05) is 51.9 Å². The number of aromatic nitrogens is 3. The monoisotopic (exact) mass is 416 g/mol. The number of halogens is 3. The van der Waals surface area contributed by atoms with E-state index in [1.807, 2.05) is 18.3 Å². The van der Waals surface area contributed by atoms with Crippen LogP contribution in [0.4, 0.5) is 0 Å². The van der Waals surface area contributed by atoms with E-state index in [-0.39, 0.29) is 12.4 Å². The van der Waals surface area contributed by atoms with E-state index in [1.165, 1.54) is 6.42 Å². The minimum Gasteiger partial charge on any atom is -0.314 e. The minimum atomic E-state index is 0. The van der Waals surface area contributed by atoms with Gasteiger partial charge in [-0.3, -0.25) is 9.80 Å². The van der Waals surface area contributed by atoms with Gasteiger partial charge in [-0.2, -0.15) is 0 Å². The molecule has 1 atom stereocenters. The Bertz CT molecular complexity index is 731. The highest BCUT2D eigenvalue weighted by atomic mass is 35.5. The second kappa shape index (κ2) is 8.87. The summed E-state index contributed by atoms with van der Waals surface area (Å²) in [6.07, 6.45) is 3.17. The molecule has 2 saturated heterocycles.